The van der Waals surface area contributed by atoms with Crippen molar-refractivity contribution >= 4 is 18.0 Å². The van der Waals surface area contributed by atoms with Crippen LogP contribution in [0.15, 0.2) is 66.4 Å². The van der Waals surface area contributed by atoms with Gasteiger partial charge in [0.15, 0.2) is 11.5 Å². The van der Waals surface area contributed by atoms with Crippen LogP contribution in [0.3, 0.4) is 0 Å². The first kappa shape index (κ1) is 32.0. The van der Waals surface area contributed by atoms with Crippen molar-refractivity contribution in [2.24, 2.45) is 0 Å². The molecule has 11 heteroatoms. The second-order valence-corrected chi connectivity index (χ2v) is 10.5. The van der Waals surface area contributed by atoms with Gasteiger partial charge in [-0.1, -0.05) is 31.5 Å². The monoisotopic (exact) mass is 628 g/mol. The summed E-state index contributed by atoms with van der Waals surface area (Å²) in [6.07, 6.45) is 5.37. The van der Waals surface area contributed by atoms with Crippen LogP contribution in [0.4, 0.5) is 0 Å². The van der Waals surface area contributed by atoms with E-state index in [9.17, 15) is 14.7 Å². The molecular weight excluding hydrogens is 592 g/mol. The summed E-state index contributed by atoms with van der Waals surface area (Å²) in [5, 5.41) is 15.2. The van der Waals surface area contributed by atoms with Crippen LogP contribution in [0.25, 0.3) is 17.3 Å². The molecule has 1 N–H and O–H groups in total. The zero-order valence-corrected chi connectivity index (χ0v) is 26.2. The Labute approximate surface area is 266 Å². The van der Waals surface area contributed by atoms with E-state index in [4.69, 9.17) is 33.5 Å². The van der Waals surface area contributed by atoms with Crippen LogP contribution in [0.2, 0.25) is 0 Å². The number of hydrogen-bond donors (Lipinski definition) is 1. The maximum Gasteiger partial charge on any atom is 0.338 e. The van der Waals surface area contributed by atoms with E-state index in [2.05, 4.69) is 6.92 Å². The summed E-state index contributed by atoms with van der Waals surface area (Å²) in [5.74, 6) is 1.02. The fraction of sp³-hybridized carbons (Fsp3) is 0.286. The first-order valence-electron chi connectivity index (χ1n) is 14.8. The fourth-order valence-electron chi connectivity index (χ4n) is 5.12. The maximum atomic E-state index is 12.6. The molecule has 0 radical (unpaired) electrons. The predicted octanol–water partition coefficient (Wildman–Crippen LogP) is 6.17. The van der Waals surface area contributed by atoms with Crippen LogP contribution >= 0.6 is 0 Å². The molecule has 0 atom stereocenters. The highest BCUT2D eigenvalue weighted by Gasteiger charge is 2.22. The number of methoxy groups -OCH3 is 3. The smallest absolute Gasteiger partial charge is 0.338 e. The topological polar surface area (TPSA) is 128 Å². The van der Waals surface area contributed by atoms with Gasteiger partial charge in [-0.25, -0.2) is 9.59 Å². The lowest BCUT2D eigenvalue weighted by molar-refractivity contribution is -0.132. The predicted molar refractivity (Wildman–Crippen MR) is 170 cm³/mol. The number of aromatic nitrogens is 2. The number of ether oxygens (including phenoxy) is 6. The third kappa shape index (κ3) is 7.09. The van der Waals surface area contributed by atoms with Gasteiger partial charge in [-0.05, 0) is 36.8 Å². The van der Waals surface area contributed by atoms with Crippen LogP contribution in [-0.2, 0) is 29.1 Å². The van der Waals surface area contributed by atoms with Crippen molar-refractivity contribution in [2.75, 3.05) is 28.1 Å². The van der Waals surface area contributed by atoms with E-state index in [0.717, 1.165) is 12.8 Å². The molecule has 1 aromatic heterocycles. The van der Waals surface area contributed by atoms with E-state index in [-0.39, 0.29) is 25.4 Å². The Hall–Kier alpha value is -5.45. The van der Waals surface area contributed by atoms with Crippen molar-refractivity contribution < 1.29 is 43.1 Å². The fourth-order valence-corrected chi connectivity index (χ4v) is 5.12. The Bertz CT molecular complexity index is 1760. The molecule has 1 aliphatic heterocycles. The summed E-state index contributed by atoms with van der Waals surface area (Å²) in [5.41, 5.74) is 3.55. The van der Waals surface area contributed by atoms with E-state index < -0.39 is 11.9 Å². The minimum absolute atomic E-state index is 0.0605. The first-order chi connectivity index (χ1) is 22.3. The van der Waals surface area contributed by atoms with Crippen molar-refractivity contribution in [3.63, 3.8) is 0 Å². The van der Waals surface area contributed by atoms with E-state index >= 15 is 0 Å². The largest absolute Gasteiger partial charge is 0.497 e. The SMILES string of the molecule is CCCCn1cc(/C=C(\Cc2cc3c(cc2OC)OCO3)C(=O)O)c(-c2ccc(OC)cc2OCc2ccccc2C(=O)OC)n1. The van der Waals surface area contributed by atoms with Gasteiger partial charge < -0.3 is 33.5 Å². The number of esters is 1. The lowest BCUT2D eigenvalue weighted by atomic mass is 9.99. The van der Waals surface area contributed by atoms with Crippen molar-refractivity contribution in [3.8, 4) is 40.0 Å². The van der Waals surface area contributed by atoms with Crippen molar-refractivity contribution in [1.29, 1.82) is 0 Å². The molecule has 3 aromatic carbocycles. The maximum absolute atomic E-state index is 12.6. The minimum Gasteiger partial charge on any atom is -0.497 e. The molecular formula is C35H36N2O9. The molecule has 4 aromatic rings. The van der Waals surface area contributed by atoms with Gasteiger partial charge in [0, 0.05) is 59.1 Å². The highest BCUT2D eigenvalue weighted by Crippen LogP contribution is 2.40. The number of rotatable bonds is 14. The van der Waals surface area contributed by atoms with Gasteiger partial charge in [-0.2, -0.15) is 5.10 Å². The highest BCUT2D eigenvalue weighted by atomic mass is 16.7. The first-order valence-corrected chi connectivity index (χ1v) is 14.8. The standard InChI is InChI=1S/C35H36N2O9/c1-5-6-13-37-19-25(15-24(34(38)39)14-23-16-31-32(46-21-45-31)18-29(23)42-3)33(36-37)28-12-11-26(41-2)17-30(28)44-20-22-9-7-8-10-27(22)35(40)43-4/h7-12,15-19H,5-6,13-14,20-21H2,1-4H3,(H,38,39)/b24-15+. The molecule has 0 fully saturated rings. The molecule has 0 saturated carbocycles. The Morgan fingerprint density at radius 2 is 1.76 bits per heavy atom. The van der Waals surface area contributed by atoms with Crippen LogP contribution in [-0.4, -0.2) is 54.9 Å². The van der Waals surface area contributed by atoms with Crippen LogP contribution in [0.5, 0.6) is 28.7 Å². The highest BCUT2D eigenvalue weighted by molar-refractivity contribution is 5.94. The second-order valence-electron chi connectivity index (χ2n) is 10.5. The lowest BCUT2D eigenvalue weighted by Crippen LogP contribution is -2.08. The number of carboxylic acid groups (broad SMARTS) is 1. The number of aryl methyl sites for hydroxylation is 1. The quantitative estimate of drug-likeness (QED) is 0.128. The van der Waals surface area contributed by atoms with Gasteiger partial charge in [0.05, 0.1) is 26.9 Å². The summed E-state index contributed by atoms with van der Waals surface area (Å²) in [7, 11) is 4.41. The van der Waals surface area contributed by atoms with Crippen molar-refractivity contribution in [1.82, 2.24) is 9.78 Å². The van der Waals surface area contributed by atoms with E-state index in [1.807, 2.05) is 23.0 Å². The number of hydrogen-bond acceptors (Lipinski definition) is 9. The summed E-state index contributed by atoms with van der Waals surface area (Å²) in [6, 6.07) is 15.8. The number of benzene rings is 3. The molecule has 5 rings (SSSR count). The molecule has 0 spiro atoms. The number of carboxylic acids is 1. The van der Waals surface area contributed by atoms with E-state index in [1.165, 1.54) is 14.2 Å². The van der Waals surface area contributed by atoms with Crippen LogP contribution < -0.4 is 23.7 Å². The average molecular weight is 629 g/mol. The molecule has 46 heavy (non-hydrogen) atoms. The summed E-state index contributed by atoms with van der Waals surface area (Å²) in [4.78, 5) is 25.0. The zero-order chi connectivity index (χ0) is 32.6. The molecule has 2 heterocycles. The Morgan fingerprint density at radius 1 is 0.978 bits per heavy atom. The molecule has 1 aliphatic rings. The van der Waals surface area contributed by atoms with Crippen molar-refractivity contribution in [2.45, 2.75) is 39.3 Å². The number of nitrogens with zero attached hydrogens (tertiary/aromatic N) is 2. The Morgan fingerprint density at radius 3 is 2.48 bits per heavy atom. The second kappa shape index (κ2) is 14.6. The molecule has 0 bridgehead atoms. The van der Waals surface area contributed by atoms with Crippen LogP contribution in [0.1, 0.15) is 46.8 Å². The van der Waals surface area contributed by atoms with Crippen molar-refractivity contribution in [3.05, 3.63) is 88.6 Å². The van der Waals surface area contributed by atoms with Gasteiger partial charge >= 0.3 is 11.9 Å². The minimum atomic E-state index is -1.09. The molecule has 240 valence electrons. The molecule has 0 saturated heterocycles. The van der Waals surface area contributed by atoms with Gasteiger partial charge in [-0.3, -0.25) is 4.68 Å². The summed E-state index contributed by atoms with van der Waals surface area (Å²) in [6.45, 7) is 2.89. The number of unbranched alkanes of at least 4 members (excludes halogenated alkanes) is 1. The van der Waals surface area contributed by atoms with Gasteiger partial charge in [0.25, 0.3) is 0 Å². The number of aliphatic carboxylic acids is 1. The van der Waals surface area contributed by atoms with E-state index in [1.54, 1.807) is 55.7 Å². The molecule has 0 amide bonds. The van der Waals surface area contributed by atoms with Gasteiger partial charge in [-0.15, -0.1) is 0 Å². The van der Waals surface area contributed by atoms with Crippen LogP contribution in [0, 0.1) is 0 Å². The third-order valence-corrected chi connectivity index (χ3v) is 7.54. The summed E-state index contributed by atoms with van der Waals surface area (Å²) < 4.78 is 35.1. The Balaban J connectivity index is 1.56. The number of fused-ring (bicyclic) bond motifs is 1. The number of carbonyl (C=O) groups excluding carboxylic acids is 1. The lowest BCUT2D eigenvalue weighted by Gasteiger charge is -2.14. The van der Waals surface area contributed by atoms with E-state index in [0.29, 0.717) is 68.8 Å². The zero-order valence-electron chi connectivity index (χ0n) is 26.2. The Kier molecular flexibility index (Phi) is 10.1. The molecule has 11 nitrogen and oxygen atoms in total. The average Bonchev–Trinajstić information content (AvgIpc) is 3.71. The van der Waals surface area contributed by atoms with Gasteiger partial charge in [0.2, 0.25) is 6.79 Å². The molecule has 0 aliphatic carbocycles. The normalized spacial score (nSPS) is 12.1. The third-order valence-electron chi connectivity index (χ3n) is 7.54. The molecule has 0 unspecified atom stereocenters. The van der Waals surface area contributed by atoms with Gasteiger partial charge in [0.1, 0.15) is 29.5 Å². The summed E-state index contributed by atoms with van der Waals surface area (Å²) >= 11 is 0. The number of carbonyl (C=O) groups is 2.